The van der Waals surface area contributed by atoms with E-state index in [0.717, 1.165) is 30.7 Å². The molecule has 2 rings (SSSR count). The van der Waals surface area contributed by atoms with Crippen LogP contribution in [0.15, 0.2) is 24.4 Å². The number of hydrogen-bond acceptors (Lipinski definition) is 2. The van der Waals surface area contributed by atoms with Gasteiger partial charge in [-0.1, -0.05) is 0 Å². The minimum atomic E-state index is -0.269. The molecular weight excluding hydrogens is 178 g/mol. The highest BCUT2D eigenvalue weighted by Gasteiger charge is 2.13. The highest BCUT2D eigenvalue weighted by Crippen LogP contribution is 2.26. The first-order valence-electron chi connectivity index (χ1n) is 4.75. The second kappa shape index (κ2) is 3.70. The van der Waals surface area contributed by atoms with E-state index in [-0.39, 0.29) is 5.97 Å². The molecule has 3 heteroatoms. The van der Waals surface area contributed by atoms with Crippen LogP contribution in [0.25, 0.3) is 5.57 Å². The predicted octanol–water partition coefficient (Wildman–Crippen LogP) is 1.84. The molecule has 0 fully saturated rings. The Balaban J connectivity index is 2.32. The Bertz CT molecular complexity index is 376. The zero-order valence-corrected chi connectivity index (χ0v) is 8.19. The van der Waals surface area contributed by atoms with E-state index >= 15 is 0 Å². The van der Waals surface area contributed by atoms with Crippen LogP contribution in [0.5, 0.6) is 0 Å². The van der Waals surface area contributed by atoms with Gasteiger partial charge in [-0.2, -0.15) is 0 Å². The molecule has 0 N–H and O–H groups in total. The number of allylic oxidation sites excluding steroid dienone is 1. The first kappa shape index (κ1) is 9.06. The van der Waals surface area contributed by atoms with Crippen LogP contribution in [-0.2, 0) is 16.1 Å². The summed E-state index contributed by atoms with van der Waals surface area (Å²) in [5.41, 5.74) is 2.22. The van der Waals surface area contributed by atoms with Gasteiger partial charge in [-0.25, -0.2) is 4.79 Å². The number of fused-ring (bicyclic) bond motifs is 1. The third-order valence-corrected chi connectivity index (χ3v) is 2.50. The van der Waals surface area contributed by atoms with Gasteiger partial charge in [0.2, 0.25) is 0 Å². The maximum Gasteiger partial charge on any atom is 0.330 e. The molecule has 1 aromatic heterocycles. The molecule has 1 aromatic rings. The summed E-state index contributed by atoms with van der Waals surface area (Å²) in [6.45, 7) is 1.04. The summed E-state index contributed by atoms with van der Waals surface area (Å²) in [5, 5.41) is 0. The third kappa shape index (κ3) is 1.58. The quantitative estimate of drug-likeness (QED) is 0.501. The molecule has 2 heterocycles. The lowest BCUT2D eigenvalue weighted by Gasteiger charge is -2.17. The van der Waals surface area contributed by atoms with Crippen LogP contribution in [0.1, 0.15) is 18.5 Å². The predicted molar refractivity (Wildman–Crippen MR) is 53.7 cm³/mol. The van der Waals surface area contributed by atoms with Gasteiger partial charge in [0.1, 0.15) is 0 Å². The fourth-order valence-electron chi connectivity index (χ4n) is 1.82. The van der Waals surface area contributed by atoms with Crippen molar-refractivity contribution in [2.24, 2.45) is 0 Å². The van der Waals surface area contributed by atoms with Gasteiger partial charge in [0.15, 0.2) is 0 Å². The lowest BCUT2D eigenvalue weighted by atomic mass is 10.0. The van der Waals surface area contributed by atoms with Crippen molar-refractivity contribution in [3.63, 3.8) is 0 Å². The molecule has 0 spiro atoms. The van der Waals surface area contributed by atoms with Crippen LogP contribution >= 0.6 is 0 Å². The van der Waals surface area contributed by atoms with Crippen LogP contribution in [-0.4, -0.2) is 17.6 Å². The average molecular weight is 191 g/mol. The Labute approximate surface area is 83.0 Å². The van der Waals surface area contributed by atoms with E-state index in [0.29, 0.717) is 0 Å². The van der Waals surface area contributed by atoms with E-state index < -0.39 is 0 Å². The highest BCUT2D eigenvalue weighted by molar-refractivity contribution is 5.91. The molecule has 0 saturated carbocycles. The third-order valence-electron chi connectivity index (χ3n) is 2.50. The second-order valence-electron chi connectivity index (χ2n) is 3.38. The van der Waals surface area contributed by atoms with Gasteiger partial charge in [-0.05, 0) is 30.5 Å². The molecule has 0 atom stereocenters. The van der Waals surface area contributed by atoms with Crippen molar-refractivity contribution in [1.82, 2.24) is 4.57 Å². The van der Waals surface area contributed by atoms with Crippen molar-refractivity contribution >= 4 is 11.5 Å². The molecule has 1 aliphatic rings. The van der Waals surface area contributed by atoms with Crippen molar-refractivity contribution in [2.75, 3.05) is 7.11 Å². The highest BCUT2D eigenvalue weighted by atomic mass is 16.5. The number of hydrogen-bond donors (Lipinski definition) is 0. The number of nitrogens with zero attached hydrogens (tertiary/aromatic N) is 1. The second-order valence-corrected chi connectivity index (χ2v) is 3.38. The summed E-state index contributed by atoms with van der Waals surface area (Å²) >= 11 is 0. The Morgan fingerprint density at radius 2 is 2.50 bits per heavy atom. The molecular formula is C11H13NO2. The Morgan fingerprint density at radius 1 is 1.64 bits per heavy atom. The normalized spacial score (nSPS) is 17.9. The molecule has 0 aliphatic carbocycles. The van der Waals surface area contributed by atoms with E-state index in [4.69, 9.17) is 0 Å². The first-order chi connectivity index (χ1) is 6.81. The summed E-state index contributed by atoms with van der Waals surface area (Å²) < 4.78 is 6.78. The van der Waals surface area contributed by atoms with Crippen LogP contribution in [0.2, 0.25) is 0 Å². The van der Waals surface area contributed by atoms with Gasteiger partial charge in [0.25, 0.3) is 0 Å². The van der Waals surface area contributed by atoms with Crippen LogP contribution < -0.4 is 0 Å². The molecule has 14 heavy (non-hydrogen) atoms. The van der Waals surface area contributed by atoms with E-state index in [2.05, 4.69) is 9.30 Å². The molecule has 3 nitrogen and oxygen atoms in total. The Morgan fingerprint density at radius 3 is 3.29 bits per heavy atom. The zero-order valence-electron chi connectivity index (χ0n) is 8.19. The number of carbonyl (C=O) groups excluding carboxylic acids is 1. The maximum absolute atomic E-state index is 11.1. The largest absolute Gasteiger partial charge is 0.466 e. The number of methoxy groups -OCH3 is 1. The SMILES string of the molecule is COC(=O)/C=C1/CCCn2cccc21. The summed E-state index contributed by atoms with van der Waals surface area (Å²) in [7, 11) is 1.40. The van der Waals surface area contributed by atoms with Crippen LogP contribution in [0.4, 0.5) is 0 Å². The van der Waals surface area contributed by atoms with Crippen molar-refractivity contribution in [3.8, 4) is 0 Å². The number of esters is 1. The molecule has 0 unspecified atom stereocenters. The van der Waals surface area contributed by atoms with Crippen molar-refractivity contribution < 1.29 is 9.53 Å². The Hall–Kier alpha value is -1.51. The van der Waals surface area contributed by atoms with Crippen molar-refractivity contribution in [3.05, 3.63) is 30.1 Å². The van der Waals surface area contributed by atoms with Gasteiger partial charge in [0.05, 0.1) is 7.11 Å². The summed E-state index contributed by atoms with van der Waals surface area (Å²) in [6.07, 6.45) is 5.67. The van der Waals surface area contributed by atoms with Gasteiger partial charge < -0.3 is 9.30 Å². The van der Waals surface area contributed by atoms with Gasteiger partial charge >= 0.3 is 5.97 Å². The average Bonchev–Trinajstić information content (AvgIpc) is 2.66. The fraction of sp³-hybridized carbons (Fsp3) is 0.364. The summed E-state index contributed by atoms with van der Waals surface area (Å²) in [4.78, 5) is 11.1. The van der Waals surface area contributed by atoms with E-state index in [9.17, 15) is 4.79 Å². The van der Waals surface area contributed by atoms with Crippen LogP contribution in [0.3, 0.4) is 0 Å². The standard InChI is InChI=1S/C11H13NO2/c1-14-11(13)8-9-4-2-6-12-7-3-5-10(9)12/h3,5,7-8H,2,4,6H2,1H3/b9-8-. The lowest BCUT2D eigenvalue weighted by Crippen LogP contribution is -2.09. The van der Waals surface area contributed by atoms with Gasteiger partial charge in [0, 0.05) is 24.5 Å². The fourth-order valence-corrected chi connectivity index (χ4v) is 1.82. The zero-order chi connectivity index (χ0) is 9.97. The Kier molecular flexibility index (Phi) is 2.39. The first-order valence-corrected chi connectivity index (χ1v) is 4.75. The minimum absolute atomic E-state index is 0.269. The molecule has 1 aliphatic heterocycles. The molecule has 0 saturated heterocycles. The van der Waals surface area contributed by atoms with E-state index in [1.165, 1.54) is 7.11 Å². The van der Waals surface area contributed by atoms with Crippen molar-refractivity contribution in [1.29, 1.82) is 0 Å². The molecule has 0 bridgehead atoms. The molecule has 0 amide bonds. The number of rotatable bonds is 1. The smallest absolute Gasteiger partial charge is 0.330 e. The number of aryl methyl sites for hydroxylation is 1. The van der Waals surface area contributed by atoms with E-state index in [1.54, 1.807) is 6.08 Å². The lowest BCUT2D eigenvalue weighted by molar-refractivity contribution is -0.134. The number of carbonyl (C=O) groups is 1. The molecule has 0 radical (unpaired) electrons. The number of aromatic nitrogens is 1. The molecule has 0 aromatic carbocycles. The van der Waals surface area contributed by atoms with Gasteiger partial charge in [-0.15, -0.1) is 0 Å². The summed E-state index contributed by atoms with van der Waals surface area (Å²) in [6, 6.07) is 4.04. The number of ether oxygens (including phenoxy) is 1. The topological polar surface area (TPSA) is 31.2 Å². The molecule has 74 valence electrons. The summed E-state index contributed by atoms with van der Waals surface area (Å²) in [5.74, 6) is -0.269. The van der Waals surface area contributed by atoms with Crippen LogP contribution in [0, 0.1) is 0 Å². The minimum Gasteiger partial charge on any atom is -0.466 e. The van der Waals surface area contributed by atoms with E-state index in [1.807, 2.05) is 18.3 Å². The monoisotopic (exact) mass is 191 g/mol. The van der Waals surface area contributed by atoms with Gasteiger partial charge in [-0.3, -0.25) is 0 Å². The maximum atomic E-state index is 11.1. The van der Waals surface area contributed by atoms with Crippen molar-refractivity contribution in [2.45, 2.75) is 19.4 Å².